The van der Waals surface area contributed by atoms with Crippen LogP contribution in [-0.2, 0) is 19.1 Å². The van der Waals surface area contributed by atoms with Crippen LogP contribution in [0.4, 0.5) is 0 Å². The largest absolute Gasteiger partial charge is 0.394 e. The lowest BCUT2D eigenvalue weighted by molar-refractivity contribution is -0.143. The Bertz CT molecular complexity index is 759. The van der Waals surface area contributed by atoms with Crippen LogP contribution in [0.25, 0.3) is 0 Å². The third-order valence-electron chi connectivity index (χ3n) is 7.90. The lowest BCUT2D eigenvalue weighted by atomic mass is 9.66. The maximum atomic E-state index is 13.8. The normalized spacial score (nSPS) is 37.4. The molecular weight excluding hydrogens is 432 g/mol. The fourth-order valence-electron chi connectivity index (χ4n) is 6.29. The maximum Gasteiger partial charge on any atom is 0.244 e. The molecule has 0 saturated carbocycles. The zero-order chi connectivity index (χ0) is 23.1. The van der Waals surface area contributed by atoms with Crippen LogP contribution in [-0.4, -0.2) is 107 Å². The monoisotopic (exact) mass is 468 g/mol. The Morgan fingerprint density at radius 2 is 2.00 bits per heavy atom. The molecule has 32 heavy (non-hydrogen) atoms. The van der Waals surface area contributed by atoms with Crippen molar-refractivity contribution in [3.05, 3.63) is 0 Å². The van der Waals surface area contributed by atoms with Crippen LogP contribution in [0.15, 0.2) is 0 Å². The Labute approximate surface area is 194 Å². The number of fused-ring (bicyclic) bond motifs is 1. The van der Waals surface area contributed by atoms with Gasteiger partial charge in [0.05, 0.1) is 42.4 Å². The van der Waals surface area contributed by atoms with Gasteiger partial charge in [-0.25, -0.2) is 0 Å². The van der Waals surface area contributed by atoms with Gasteiger partial charge >= 0.3 is 0 Å². The number of nitrogens with one attached hydrogen (secondary N) is 2. The molecule has 0 aromatic carbocycles. The van der Waals surface area contributed by atoms with Crippen molar-refractivity contribution in [2.24, 2.45) is 11.8 Å². The van der Waals surface area contributed by atoms with E-state index in [0.717, 1.165) is 32.5 Å². The third-order valence-corrected chi connectivity index (χ3v) is 9.88. The van der Waals surface area contributed by atoms with Gasteiger partial charge in [-0.3, -0.25) is 19.3 Å². The molecule has 180 valence electrons. The van der Waals surface area contributed by atoms with Crippen molar-refractivity contribution in [2.75, 3.05) is 53.0 Å². The van der Waals surface area contributed by atoms with Crippen LogP contribution in [0.3, 0.4) is 0 Å². The minimum atomic E-state index is -0.678. The molecule has 6 atom stereocenters. The number of aliphatic hydroxyl groups is 1. The molecule has 4 fully saturated rings. The van der Waals surface area contributed by atoms with E-state index < -0.39 is 28.7 Å². The first-order valence-corrected chi connectivity index (χ1v) is 12.6. The van der Waals surface area contributed by atoms with E-state index in [-0.39, 0.29) is 29.1 Å². The van der Waals surface area contributed by atoms with Crippen LogP contribution < -0.4 is 10.6 Å². The number of hydrogen-bond donors (Lipinski definition) is 3. The van der Waals surface area contributed by atoms with Crippen molar-refractivity contribution in [2.45, 2.75) is 54.7 Å². The van der Waals surface area contributed by atoms with Gasteiger partial charge in [0.2, 0.25) is 17.7 Å². The topological polar surface area (TPSA) is 111 Å². The average Bonchev–Trinajstić information content (AvgIpc) is 3.36. The number of carbonyl (C=O) groups is 3. The summed E-state index contributed by atoms with van der Waals surface area (Å²) in [6, 6.07) is -1.11. The highest BCUT2D eigenvalue weighted by molar-refractivity contribution is 8.02. The Morgan fingerprint density at radius 3 is 2.62 bits per heavy atom. The molecule has 0 radical (unpaired) electrons. The van der Waals surface area contributed by atoms with Crippen LogP contribution in [0.1, 0.15) is 33.1 Å². The summed E-state index contributed by atoms with van der Waals surface area (Å²) in [5.41, 5.74) is 0. The summed E-state index contributed by atoms with van der Waals surface area (Å²) in [6.07, 6.45) is 2.06. The van der Waals surface area contributed by atoms with E-state index >= 15 is 0 Å². The number of carbonyl (C=O) groups excluding carboxylic acids is 3. The van der Waals surface area contributed by atoms with Crippen LogP contribution >= 0.6 is 11.8 Å². The summed E-state index contributed by atoms with van der Waals surface area (Å²) in [5.74, 6) is -1.48. The quantitative estimate of drug-likeness (QED) is 0.438. The molecule has 4 rings (SSSR count). The molecule has 10 heteroatoms. The number of morpholine rings is 1. The molecule has 0 aromatic heterocycles. The number of likely N-dealkylation sites (tertiary alicyclic amines) is 1. The zero-order valence-corrected chi connectivity index (χ0v) is 20.1. The van der Waals surface area contributed by atoms with E-state index in [1.54, 1.807) is 23.7 Å². The highest BCUT2D eigenvalue weighted by Crippen LogP contribution is 2.71. The van der Waals surface area contributed by atoms with E-state index in [0.29, 0.717) is 26.2 Å². The first-order valence-electron chi connectivity index (χ1n) is 11.8. The molecule has 2 unspecified atom stereocenters. The molecule has 4 aliphatic rings. The van der Waals surface area contributed by atoms with E-state index in [1.807, 2.05) is 6.92 Å². The number of thioether (sulfide) groups is 1. The second-order valence-electron chi connectivity index (χ2n) is 9.58. The van der Waals surface area contributed by atoms with Crippen LogP contribution in [0.5, 0.6) is 0 Å². The molecule has 2 bridgehead atoms. The number of ether oxygens (including phenoxy) is 1. The lowest BCUT2D eigenvalue weighted by Crippen LogP contribution is -2.57. The molecule has 1 spiro atoms. The standard InChI is InChI=1S/C22H36N4O5S/c1-4-14(13-27)26-17(19(29)24-7-8-25-9-11-31-12-10-25)22-6-5-21(2,32-22)15(18(28)23-3)16(22)20(26)30/h14-17,27H,4-13H2,1-3H3,(H,23,28)(H,24,29)/t14-,15+,16-,17?,21-,22?/m0/s1. The van der Waals surface area contributed by atoms with Crippen molar-refractivity contribution < 1.29 is 24.2 Å². The van der Waals surface area contributed by atoms with Crippen molar-refractivity contribution >= 4 is 29.5 Å². The number of rotatable bonds is 8. The van der Waals surface area contributed by atoms with Gasteiger partial charge in [-0.15, -0.1) is 11.8 Å². The number of amides is 3. The number of aliphatic hydroxyl groups excluding tert-OH is 1. The average molecular weight is 469 g/mol. The summed E-state index contributed by atoms with van der Waals surface area (Å²) in [5, 5.41) is 15.8. The van der Waals surface area contributed by atoms with Gasteiger partial charge in [0.25, 0.3) is 0 Å². The van der Waals surface area contributed by atoms with E-state index in [2.05, 4.69) is 22.5 Å². The molecule has 9 nitrogen and oxygen atoms in total. The molecule has 4 aliphatic heterocycles. The van der Waals surface area contributed by atoms with Crippen LogP contribution in [0.2, 0.25) is 0 Å². The van der Waals surface area contributed by atoms with Crippen molar-refractivity contribution in [3.8, 4) is 0 Å². The predicted molar refractivity (Wildman–Crippen MR) is 121 cm³/mol. The number of nitrogens with zero attached hydrogens (tertiary/aromatic N) is 2. The highest BCUT2D eigenvalue weighted by atomic mass is 32.2. The second-order valence-corrected chi connectivity index (χ2v) is 11.5. The summed E-state index contributed by atoms with van der Waals surface area (Å²) in [4.78, 5) is 44.1. The summed E-state index contributed by atoms with van der Waals surface area (Å²) < 4.78 is 4.39. The van der Waals surface area contributed by atoms with Crippen molar-refractivity contribution in [1.82, 2.24) is 20.4 Å². The molecule has 3 amide bonds. The first-order chi connectivity index (χ1) is 15.3. The van der Waals surface area contributed by atoms with Crippen molar-refractivity contribution in [3.63, 3.8) is 0 Å². The van der Waals surface area contributed by atoms with Gasteiger partial charge in [0, 0.05) is 38.0 Å². The smallest absolute Gasteiger partial charge is 0.244 e. The minimum Gasteiger partial charge on any atom is -0.394 e. The van der Waals surface area contributed by atoms with E-state index in [1.165, 1.54) is 0 Å². The Morgan fingerprint density at radius 1 is 1.28 bits per heavy atom. The molecule has 3 N–H and O–H groups in total. The van der Waals surface area contributed by atoms with Gasteiger partial charge in [-0.1, -0.05) is 6.92 Å². The van der Waals surface area contributed by atoms with Gasteiger partial charge in [-0.2, -0.15) is 0 Å². The third kappa shape index (κ3) is 3.63. The predicted octanol–water partition coefficient (Wildman–Crippen LogP) is -0.567. The van der Waals surface area contributed by atoms with Gasteiger partial charge < -0.3 is 25.4 Å². The summed E-state index contributed by atoms with van der Waals surface area (Å²) in [7, 11) is 1.60. The first kappa shape index (κ1) is 23.8. The second kappa shape index (κ2) is 9.12. The Kier molecular flexibility index (Phi) is 6.78. The van der Waals surface area contributed by atoms with Gasteiger partial charge in [-0.05, 0) is 26.2 Å². The van der Waals surface area contributed by atoms with E-state index in [4.69, 9.17) is 4.74 Å². The fourth-order valence-corrected chi connectivity index (χ4v) is 8.63. The lowest BCUT2D eigenvalue weighted by Gasteiger charge is -2.37. The summed E-state index contributed by atoms with van der Waals surface area (Å²) >= 11 is 1.65. The minimum absolute atomic E-state index is 0.134. The fraction of sp³-hybridized carbons (Fsp3) is 0.864. The molecule has 0 aliphatic carbocycles. The SMILES string of the molecule is CC[C@@H](CO)N1C(=O)[C@@H]2[C@H](C(=O)NC)[C@]3(C)CCC2(S3)C1C(=O)NCCN1CCOCC1. The maximum absolute atomic E-state index is 13.8. The molecule has 4 saturated heterocycles. The Hall–Kier alpha value is -1.36. The summed E-state index contributed by atoms with van der Waals surface area (Å²) in [6.45, 7) is 8.09. The van der Waals surface area contributed by atoms with Gasteiger partial charge in [0.15, 0.2) is 0 Å². The Balaban J connectivity index is 1.60. The molecule has 0 aromatic rings. The van der Waals surface area contributed by atoms with Crippen LogP contribution in [0, 0.1) is 11.8 Å². The zero-order valence-electron chi connectivity index (χ0n) is 19.3. The van der Waals surface area contributed by atoms with Gasteiger partial charge in [0.1, 0.15) is 6.04 Å². The molecular formula is C22H36N4O5S. The van der Waals surface area contributed by atoms with E-state index in [9.17, 15) is 19.5 Å². The van der Waals surface area contributed by atoms with Crippen molar-refractivity contribution in [1.29, 1.82) is 0 Å². The number of hydrogen-bond acceptors (Lipinski definition) is 7. The molecule has 4 heterocycles. The highest BCUT2D eigenvalue weighted by Gasteiger charge is 2.77.